The molecule has 0 radical (unpaired) electrons. The third kappa shape index (κ3) is 2.58. The Morgan fingerprint density at radius 2 is 1.96 bits per heavy atom. The highest BCUT2D eigenvalue weighted by Gasteiger charge is 2.45. The van der Waals surface area contributed by atoms with E-state index in [1.165, 1.54) is 11.1 Å². The van der Waals surface area contributed by atoms with E-state index in [1.54, 1.807) is 4.90 Å². The number of amides is 1. The van der Waals surface area contributed by atoms with Crippen molar-refractivity contribution in [1.82, 2.24) is 0 Å². The SMILES string of the molecule is Cc1ccc2c(c1)[C@@H]1C[NH+](C)CC[C@H]1N2C(=O)c1ccc(Br)cc1. The summed E-state index contributed by atoms with van der Waals surface area (Å²) in [5.74, 6) is 0.577. The molecule has 1 fully saturated rings. The van der Waals surface area contributed by atoms with Gasteiger partial charge in [-0.05, 0) is 42.8 Å². The Kier molecular flexibility index (Phi) is 3.97. The van der Waals surface area contributed by atoms with Gasteiger partial charge in [0, 0.05) is 22.1 Å². The number of aryl methyl sites for hydroxylation is 1. The largest absolute Gasteiger partial charge is 0.337 e. The number of halogens is 1. The molecule has 24 heavy (non-hydrogen) atoms. The smallest absolute Gasteiger partial charge is 0.258 e. The quantitative estimate of drug-likeness (QED) is 0.801. The minimum atomic E-state index is 0.125. The molecule has 0 aliphatic carbocycles. The number of nitrogens with one attached hydrogen (secondary N) is 1. The van der Waals surface area contributed by atoms with Gasteiger partial charge in [-0.3, -0.25) is 4.79 Å². The first-order chi connectivity index (χ1) is 11.5. The van der Waals surface area contributed by atoms with Crippen LogP contribution in [-0.2, 0) is 0 Å². The second-order valence-corrected chi connectivity index (χ2v) is 8.03. The number of piperidine rings is 1. The van der Waals surface area contributed by atoms with Crippen LogP contribution in [-0.4, -0.2) is 32.1 Å². The number of fused-ring (bicyclic) bond motifs is 3. The number of benzene rings is 2. The van der Waals surface area contributed by atoms with Crippen molar-refractivity contribution in [3.05, 3.63) is 63.6 Å². The number of carbonyl (C=O) groups is 1. The van der Waals surface area contributed by atoms with Gasteiger partial charge in [0.15, 0.2) is 0 Å². The van der Waals surface area contributed by atoms with Crippen molar-refractivity contribution in [1.29, 1.82) is 0 Å². The topological polar surface area (TPSA) is 24.8 Å². The molecule has 3 nitrogen and oxygen atoms in total. The zero-order chi connectivity index (χ0) is 16.8. The van der Waals surface area contributed by atoms with Crippen molar-refractivity contribution in [2.24, 2.45) is 0 Å². The Bertz CT molecular complexity index is 787. The summed E-state index contributed by atoms with van der Waals surface area (Å²) < 4.78 is 0.997. The van der Waals surface area contributed by atoms with Crippen molar-refractivity contribution in [3.63, 3.8) is 0 Å². The Labute approximate surface area is 151 Å². The fourth-order valence-corrected chi connectivity index (χ4v) is 4.46. The average molecular weight is 386 g/mol. The lowest BCUT2D eigenvalue weighted by atomic mass is 9.88. The van der Waals surface area contributed by atoms with Crippen molar-refractivity contribution < 1.29 is 9.69 Å². The van der Waals surface area contributed by atoms with E-state index in [1.807, 2.05) is 24.3 Å². The molecule has 0 bridgehead atoms. The average Bonchev–Trinajstić information content (AvgIpc) is 2.88. The van der Waals surface area contributed by atoms with Crippen LogP contribution in [0.5, 0.6) is 0 Å². The van der Waals surface area contributed by atoms with E-state index in [0.29, 0.717) is 12.0 Å². The highest BCUT2D eigenvalue weighted by Crippen LogP contribution is 2.43. The molecule has 4 heteroatoms. The summed E-state index contributed by atoms with van der Waals surface area (Å²) in [5, 5.41) is 0. The van der Waals surface area contributed by atoms with E-state index in [9.17, 15) is 4.79 Å². The maximum atomic E-state index is 13.2. The van der Waals surface area contributed by atoms with Crippen LogP contribution in [0.15, 0.2) is 46.9 Å². The van der Waals surface area contributed by atoms with Gasteiger partial charge in [0.2, 0.25) is 0 Å². The maximum absolute atomic E-state index is 13.2. The minimum absolute atomic E-state index is 0.125. The van der Waals surface area contributed by atoms with Crippen molar-refractivity contribution in [3.8, 4) is 0 Å². The summed E-state index contributed by atoms with van der Waals surface area (Å²) >= 11 is 3.45. The third-order valence-electron chi connectivity index (χ3n) is 5.38. The molecule has 0 aromatic heterocycles. The number of anilines is 1. The zero-order valence-corrected chi connectivity index (χ0v) is 15.6. The molecule has 0 saturated carbocycles. The number of hydrogen-bond donors (Lipinski definition) is 1. The fraction of sp³-hybridized carbons (Fsp3) is 0.350. The van der Waals surface area contributed by atoms with Crippen molar-refractivity contribution in [2.45, 2.75) is 25.3 Å². The summed E-state index contributed by atoms with van der Waals surface area (Å²) in [7, 11) is 2.25. The predicted octanol–water partition coefficient (Wildman–Crippen LogP) is 2.79. The monoisotopic (exact) mass is 385 g/mol. The van der Waals surface area contributed by atoms with E-state index in [2.05, 4.69) is 53.0 Å². The van der Waals surface area contributed by atoms with E-state index in [-0.39, 0.29) is 5.91 Å². The Morgan fingerprint density at radius 1 is 1.21 bits per heavy atom. The van der Waals surface area contributed by atoms with Gasteiger partial charge in [0.05, 0.1) is 32.1 Å². The molecule has 4 rings (SSSR count). The van der Waals surface area contributed by atoms with Gasteiger partial charge in [0.25, 0.3) is 5.91 Å². The number of rotatable bonds is 1. The Morgan fingerprint density at radius 3 is 2.71 bits per heavy atom. The normalized spacial score (nSPS) is 25.3. The second-order valence-electron chi connectivity index (χ2n) is 7.12. The molecule has 1 unspecified atom stereocenters. The first-order valence-corrected chi connectivity index (χ1v) is 9.35. The van der Waals surface area contributed by atoms with Crippen LogP contribution in [0.4, 0.5) is 5.69 Å². The molecule has 1 amide bonds. The van der Waals surface area contributed by atoms with E-state index >= 15 is 0 Å². The fourth-order valence-electron chi connectivity index (χ4n) is 4.20. The molecule has 2 aromatic rings. The van der Waals surface area contributed by atoms with Crippen LogP contribution in [0.2, 0.25) is 0 Å². The lowest BCUT2D eigenvalue weighted by Crippen LogP contribution is -3.11. The zero-order valence-electron chi connectivity index (χ0n) is 14.1. The van der Waals surface area contributed by atoms with Gasteiger partial charge in [-0.1, -0.05) is 33.6 Å². The highest BCUT2D eigenvalue weighted by atomic mass is 79.9. The second kappa shape index (κ2) is 6.01. The summed E-state index contributed by atoms with van der Waals surface area (Å²) in [6, 6.07) is 14.5. The number of nitrogens with zero attached hydrogens (tertiary/aromatic N) is 1. The number of likely N-dealkylation sites (N-methyl/N-ethyl adjacent to an activating group) is 1. The minimum Gasteiger partial charge on any atom is -0.337 e. The standard InChI is InChI=1S/C20H21BrN2O/c1-13-3-8-18-16(11-13)17-12-22(2)10-9-19(17)23(18)20(24)14-4-6-15(21)7-5-14/h3-8,11,17,19H,9-10,12H2,1-2H3/p+1/t17-,19+/m0/s1. The van der Waals surface area contributed by atoms with E-state index < -0.39 is 0 Å². The molecule has 2 aliphatic rings. The number of carbonyl (C=O) groups excluding carboxylic acids is 1. The number of hydrogen-bond acceptors (Lipinski definition) is 1. The van der Waals surface area contributed by atoms with Gasteiger partial charge in [-0.25, -0.2) is 0 Å². The van der Waals surface area contributed by atoms with Gasteiger partial charge in [0.1, 0.15) is 0 Å². The number of quaternary nitrogens is 1. The molecule has 1 saturated heterocycles. The molecule has 124 valence electrons. The van der Waals surface area contributed by atoms with Crippen LogP contribution in [0.1, 0.15) is 33.8 Å². The molecular weight excluding hydrogens is 364 g/mol. The predicted molar refractivity (Wildman–Crippen MR) is 99.9 cm³/mol. The molecule has 3 atom stereocenters. The van der Waals surface area contributed by atoms with Crippen LogP contribution < -0.4 is 9.80 Å². The Hall–Kier alpha value is -1.65. The molecule has 0 spiro atoms. The lowest BCUT2D eigenvalue weighted by molar-refractivity contribution is -0.886. The lowest BCUT2D eigenvalue weighted by Gasteiger charge is -2.34. The van der Waals surface area contributed by atoms with Crippen molar-refractivity contribution in [2.75, 3.05) is 25.0 Å². The van der Waals surface area contributed by atoms with Crippen LogP contribution in [0, 0.1) is 6.92 Å². The molecule has 1 N–H and O–H groups in total. The molecule has 2 aliphatic heterocycles. The number of likely N-dealkylation sites (tertiary alicyclic amines) is 1. The van der Waals surface area contributed by atoms with Gasteiger partial charge < -0.3 is 9.80 Å². The molecule has 2 heterocycles. The maximum Gasteiger partial charge on any atom is 0.258 e. The highest BCUT2D eigenvalue weighted by molar-refractivity contribution is 9.10. The van der Waals surface area contributed by atoms with Crippen LogP contribution in [0.3, 0.4) is 0 Å². The third-order valence-corrected chi connectivity index (χ3v) is 5.91. The van der Waals surface area contributed by atoms with Crippen molar-refractivity contribution >= 4 is 27.5 Å². The first-order valence-electron chi connectivity index (χ1n) is 8.55. The summed E-state index contributed by atoms with van der Waals surface area (Å²) in [6.07, 6.45) is 1.06. The van der Waals surface area contributed by atoms with Gasteiger partial charge in [-0.15, -0.1) is 0 Å². The Balaban J connectivity index is 1.77. The van der Waals surface area contributed by atoms with Crippen LogP contribution in [0.25, 0.3) is 0 Å². The van der Waals surface area contributed by atoms with Gasteiger partial charge in [-0.2, -0.15) is 0 Å². The van der Waals surface area contributed by atoms with Crippen LogP contribution >= 0.6 is 15.9 Å². The summed E-state index contributed by atoms with van der Waals surface area (Å²) in [4.78, 5) is 16.9. The van der Waals surface area contributed by atoms with Gasteiger partial charge >= 0.3 is 0 Å². The summed E-state index contributed by atoms with van der Waals surface area (Å²) in [6.45, 7) is 4.36. The van der Waals surface area contributed by atoms with E-state index in [0.717, 1.165) is 35.2 Å². The van der Waals surface area contributed by atoms with E-state index in [4.69, 9.17) is 0 Å². The molecular formula is C20H22BrN2O+. The molecule has 2 aromatic carbocycles. The first kappa shape index (κ1) is 15.9. The summed E-state index contributed by atoms with van der Waals surface area (Å²) in [5.41, 5.74) is 4.49.